The van der Waals surface area contributed by atoms with Crippen LogP contribution in [0.5, 0.6) is 0 Å². The molecule has 0 bridgehead atoms. The SMILES string of the molecule is CCC(CNC(=O)OC(C)(C)C)NC(C)Cc1ccc(Cl)cc1. The molecule has 0 aliphatic heterocycles. The Labute approximate surface area is 144 Å². The van der Waals surface area contributed by atoms with Crippen molar-refractivity contribution in [2.45, 2.75) is 65.1 Å². The average molecular weight is 341 g/mol. The molecule has 5 heteroatoms. The summed E-state index contributed by atoms with van der Waals surface area (Å²) in [5.41, 5.74) is 0.769. The lowest BCUT2D eigenvalue weighted by Crippen LogP contribution is -2.46. The lowest BCUT2D eigenvalue weighted by atomic mass is 10.1. The van der Waals surface area contributed by atoms with Gasteiger partial charge < -0.3 is 15.4 Å². The maximum absolute atomic E-state index is 11.7. The van der Waals surface area contributed by atoms with Crippen LogP contribution in [0.3, 0.4) is 0 Å². The Morgan fingerprint density at radius 1 is 1.26 bits per heavy atom. The topological polar surface area (TPSA) is 50.4 Å². The second-order valence-corrected chi connectivity index (χ2v) is 7.32. The normalized spacial score (nSPS) is 14.2. The van der Waals surface area contributed by atoms with E-state index in [1.165, 1.54) is 5.56 Å². The Hall–Kier alpha value is -1.26. The molecule has 0 spiro atoms. The van der Waals surface area contributed by atoms with Crippen LogP contribution in [0.15, 0.2) is 24.3 Å². The molecule has 1 rings (SSSR count). The molecule has 0 radical (unpaired) electrons. The van der Waals surface area contributed by atoms with E-state index in [2.05, 4.69) is 24.5 Å². The van der Waals surface area contributed by atoms with Crippen molar-refractivity contribution in [1.29, 1.82) is 0 Å². The maximum atomic E-state index is 11.7. The van der Waals surface area contributed by atoms with Crippen molar-refractivity contribution in [3.63, 3.8) is 0 Å². The molecule has 0 aromatic heterocycles. The molecule has 2 N–H and O–H groups in total. The van der Waals surface area contributed by atoms with Crippen LogP contribution in [0.1, 0.15) is 46.6 Å². The van der Waals surface area contributed by atoms with Crippen LogP contribution in [-0.4, -0.2) is 30.3 Å². The van der Waals surface area contributed by atoms with Gasteiger partial charge >= 0.3 is 6.09 Å². The highest BCUT2D eigenvalue weighted by molar-refractivity contribution is 6.30. The van der Waals surface area contributed by atoms with Gasteiger partial charge in [0.2, 0.25) is 0 Å². The summed E-state index contributed by atoms with van der Waals surface area (Å²) >= 11 is 5.90. The molecule has 130 valence electrons. The van der Waals surface area contributed by atoms with E-state index in [1.54, 1.807) is 0 Å². The number of benzene rings is 1. The number of rotatable bonds is 7. The van der Waals surface area contributed by atoms with E-state index in [4.69, 9.17) is 16.3 Å². The Balaban J connectivity index is 2.39. The van der Waals surface area contributed by atoms with Gasteiger partial charge in [0.1, 0.15) is 5.60 Å². The first-order valence-electron chi connectivity index (χ1n) is 8.17. The molecular formula is C18H29ClN2O2. The zero-order chi connectivity index (χ0) is 17.5. The van der Waals surface area contributed by atoms with Crippen molar-refractivity contribution in [2.24, 2.45) is 0 Å². The minimum absolute atomic E-state index is 0.213. The molecule has 0 aliphatic carbocycles. The maximum Gasteiger partial charge on any atom is 0.407 e. The van der Waals surface area contributed by atoms with Crippen molar-refractivity contribution < 1.29 is 9.53 Å². The lowest BCUT2D eigenvalue weighted by molar-refractivity contribution is 0.0521. The number of amides is 1. The molecule has 1 amide bonds. The van der Waals surface area contributed by atoms with E-state index in [1.807, 2.05) is 45.0 Å². The molecule has 4 nitrogen and oxygen atoms in total. The summed E-state index contributed by atoms with van der Waals surface area (Å²) in [5.74, 6) is 0. The van der Waals surface area contributed by atoms with Gasteiger partial charge in [-0.3, -0.25) is 0 Å². The summed E-state index contributed by atoms with van der Waals surface area (Å²) in [4.78, 5) is 11.7. The molecule has 0 saturated carbocycles. The van der Waals surface area contributed by atoms with Gasteiger partial charge in [0, 0.05) is 23.7 Å². The number of hydrogen-bond acceptors (Lipinski definition) is 3. The number of carbonyl (C=O) groups is 1. The van der Waals surface area contributed by atoms with Crippen molar-refractivity contribution >= 4 is 17.7 Å². The Bertz CT molecular complexity index is 483. The summed E-state index contributed by atoms with van der Waals surface area (Å²) in [5, 5.41) is 7.12. The third kappa shape index (κ3) is 8.82. The molecule has 0 aliphatic rings. The summed E-state index contributed by atoms with van der Waals surface area (Å²) in [7, 11) is 0. The van der Waals surface area contributed by atoms with Gasteiger partial charge in [0.25, 0.3) is 0 Å². The fourth-order valence-corrected chi connectivity index (χ4v) is 2.40. The van der Waals surface area contributed by atoms with Gasteiger partial charge in [0.15, 0.2) is 0 Å². The molecular weight excluding hydrogens is 312 g/mol. The van der Waals surface area contributed by atoms with E-state index in [0.717, 1.165) is 17.9 Å². The third-order valence-electron chi connectivity index (χ3n) is 3.36. The van der Waals surface area contributed by atoms with Crippen LogP contribution in [0.25, 0.3) is 0 Å². The van der Waals surface area contributed by atoms with E-state index < -0.39 is 5.60 Å². The van der Waals surface area contributed by atoms with Gasteiger partial charge in [-0.1, -0.05) is 30.7 Å². The smallest absolute Gasteiger partial charge is 0.407 e. The molecule has 1 aromatic rings. The predicted octanol–water partition coefficient (Wildman–Crippen LogP) is 4.16. The zero-order valence-corrected chi connectivity index (χ0v) is 15.5. The number of carbonyl (C=O) groups excluding carboxylic acids is 1. The van der Waals surface area contributed by atoms with Crippen LogP contribution in [-0.2, 0) is 11.2 Å². The van der Waals surface area contributed by atoms with Crippen molar-refractivity contribution in [3.8, 4) is 0 Å². The largest absolute Gasteiger partial charge is 0.444 e. The zero-order valence-electron chi connectivity index (χ0n) is 14.8. The lowest BCUT2D eigenvalue weighted by Gasteiger charge is -2.24. The fraction of sp³-hybridized carbons (Fsp3) is 0.611. The molecule has 2 unspecified atom stereocenters. The first-order valence-corrected chi connectivity index (χ1v) is 8.54. The molecule has 1 aromatic carbocycles. The summed E-state index contributed by atoms with van der Waals surface area (Å²) < 4.78 is 5.25. The quantitative estimate of drug-likeness (QED) is 0.783. The van der Waals surface area contributed by atoms with Gasteiger partial charge in [-0.05, 0) is 58.2 Å². The minimum atomic E-state index is -0.471. The summed E-state index contributed by atoms with van der Waals surface area (Å²) in [6.07, 6.45) is 1.48. The first-order chi connectivity index (χ1) is 10.7. The molecule has 2 atom stereocenters. The molecule has 0 heterocycles. The van der Waals surface area contributed by atoms with Crippen molar-refractivity contribution in [1.82, 2.24) is 10.6 Å². The van der Waals surface area contributed by atoms with E-state index in [0.29, 0.717) is 12.6 Å². The number of hydrogen-bond donors (Lipinski definition) is 2. The summed E-state index contributed by atoms with van der Waals surface area (Å²) in [6, 6.07) is 8.42. The highest BCUT2D eigenvalue weighted by Gasteiger charge is 2.17. The fourth-order valence-electron chi connectivity index (χ4n) is 2.28. The van der Waals surface area contributed by atoms with Crippen molar-refractivity contribution in [3.05, 3.63) is 34.9 Å². The Morgan fingerprint density at radius 3 is 2.39 bits per heavy atom. The van der Waals surface area contributed by atoms with E-state index >= 15 is 0 Å². The third-order valence-corrected chi connectivity index (χ3v) is 3.61. The number of halogens is 1. The van der Waals surface area contributed by atoms with Crippen LogP contribution < -0.4 is 10.6 Å². The predicted molar refractivity (Wildman–Crippen MR) is 96.1 cm³/mol. The second kappa shape index (κ2) is 9.14. The van der Waals surface area contributed by atoms with Crippen LogP contribution >= 0.6 is 11.6 Å². The summed E-state index contributed by atoms with van der Waals surface area (Å²) in [6.45, 7) is 10.4. The number of ether oxygens (including phenoxy) is 1. The van der Waals surface area contributed by atoms with Gasteiger partial charge in [-0.15, -0.1) is 0 Å². The standard InChI is InChI=1S/C18H29ClN2O2/c1-6-16(12-20-17(22)23-18(3,4)5)21-13(2)11-14-7-9-15(19)10-8-14/h7-10,13,16,21H,6,11-12H2,1-5H3,(H,20,22). The first kappa shape index (κ1) is 19.8. The van der Waals surface area contributed by atoms with Gasteiger partial charge in [-0.25, -0.2) is 4.79 Å². The highest BCUT2D eigenvalue weighted by atomic mass is 35.5. The monoisotopic (exact) mass is 340 g/mol. The molecule has 0 saturated heterocycles. The van der Waals surface area contributed by atoms with Crippen LogP contribution in [0, 0.1) is 0 Å². The molecule has 23 heavy (non-hydrogen) atoms. The number of alkyl carbamates (subject to hydrolysis) is 1. The van der Waals surface area contributed by atoms with Crippen molar-refractivity contribution in [2.75, 3.05) is 6.54 Å². The Morgan fingerprint density at radius 2 is 1.87 bits per heavy atom. The van der Waals surface area contributed by atoms with E-state index in [9.17, 15) is 4.79 Å². The number of nitrogens with one attached hydrogen (secondary N) is 2. The second-order valence-electron chi connectivity index (χ2n) is 6.89. The molecule has 0 fully saturated rings. The van der Waals surface area contributed by atoms with Gasteiger partial charge in [-0.2, -0.15) is 0 Å². The highest BCUT2D eigenvalue weighted by Crippen LogP contribution is 2.11. The minimum Gasteiger partial charge on any atom is -0.444 e. The van der Waals surface area contributed by atoms with Crippen LogP contribution in [0.4, 0.5) is 4.79 Å². The van der Waals surface area contributed by atoms with Gasteiger partial charge in [0.05, 0.1) is 0 Å². The van der Waals surface area contributed by atoms with Crippen LogP contribution in [0.2, 0.25) is 5.02 Å². The van der Waals surface area contributed by atoms with E-state index in [-0.39, 0.29) is 12.1 Å². The average Bonchev–Trinajstić information content (AvgIpc) is 2.44. The Kier molecular flexibility index (Phi) is 7.86.